The van der Waals surface area contributed by atoms with Gasteiger partial charge in [-0.05, 0) is 56.5 Å². The molecule has 7 heteroatoms. The van der Waals surface area contributed by atoms with Gasteiger partial charge in [-0.25, -0.2) is 9.18 Å². The molecule has 2 aliphatic heterocycles. The van der Waals surface area contributed by atoms with Crippen LogP contribution in [0.2, 0.25) is 0 Å². The summed E-state index contributed by atoms with van der Waals surface area (Å²) in [5, 5.41) is 2.69. The summed E-state index contributed by atoms with van der Waals surface area (Å²) < 4.78 is 13.7. The van der Waals surface area contributed by atoms with Crippen LogP contribution in [0.15, 0.2) is 18.2 Å². The first-order chi connectivity index (χ1) is 11.5. The number of halogens is 1. The molecule has 0 spiro atoms. The minimum absolute atomic E-state index is 0.181. The van der Waals surface area contributed by atoms with Gasteiger partial charge in [-0.1, -0.05) is 0 Å². The number of carbonyl (C=O) groups excluding carboxylic acids is 2. The van der Waals surface area contributed by atoms with Gasteiger partial charge < -0.3 is 20.9 Å². The van der Waals surface area contributed by atoms with Gasteiger partial charge in [-0.3, -0.25) is 4.79 Å². The van der Waals surface area contributed by atoms with Crippen molar-refractivity contribution >= 4 is 17.6 Å². The van der Waals surface area contributed by atoms with E-state index in [4.69, 9.17) is 5.73 Å². The lowest BCUT2D eigenvalue weighted by Crippen LogP contribution is -2.34. The van der Waals surface area contributed by atoms with Crippen LogP contribution in [0.1, 0.15) is 29.6 Å². The number of likely N-dealkylation sites (tertiary alicyclic amines) is 2. The number of hydrogen-bond donors (Lipinski definition) is 2. The van der Waals surface area contributed by atoms with Gasteiger partial charge in [0.2, 0.25) is 0 Å². The molecule has 1 unspecified atom stereocenters. The molecule has 3 N–H and O–H groups in total. The van der Waals surface area contributed by atoms with Crippen LogP contribution in [-0.4, -0.2) is 54.5 Å². The monoisotopic (exact) mass is 334 g/mol. The Morgan fingerprint density at radius 3 is 2.67 bits per heavy atom. The third-order valence-electron chi connectivity index (χ3n) is 4.77. The molecule has 0 bridgehead atoms. The Morgan fingerprint density at radius 2 is 2.00 bits per heavy atom. The van der Waals surface area contributed by atoms with E-state index in [9.17, 15) is 14.0 Å². The van der Waals surface area contributed by atoms with Crippen molar-refractivity contribution in [3.63, 3.8) is 0 Å². The molecule has 0 radical (unpaired) electrons. The highest BCUT2D eigenvalue weighted by Gasteiger charge is 2.28. The minimum atomic E-state index is -0.824. The van der Waals surface area contributed by atoms with E-state index in [2.05, 4.69) is 10.2 Å². The van der Waals surface area contributed by atoms with E-state index in [1.165, 1.54) is 25.0 Å². The van der Waals surface area contributed by atoms with E-state index in [-0.39, 0.29) is 11.6 Å². The maximum atomic E-state index is 13.7. The molecule has 24 heavy (non-hydrogen) atoms. The molecule has 0 aliphatic carbocycles. The minimum Gasteiger partial charge on any atom is -0.366 e. The van der Waals surface area contributed by atoms with Crippen LogP contribution in [0.3, 0.4) is 0 Å². The maximum absolute atomic E-state index is 13.7. The van der Waals surface area contributed by atoms with Crippen LogP contribution >= 0.6 is 0 Å². The Kier molecular flexibility index (Phi) is 4.99. The number of nitrogens with one attached hydrogen (secondary N) is 1. The van der Waals surface area contributed by atoms with E-state index in [0.29, 0.717) is 18.2 Å². The highest BCUT2D eigenvalue weighted by atomic mass is 19.1. The van der Waals surface area contributed by atoms with Crippen molar-refractivity contribution in [1.82, 2.24) is 9.80 Å². The second-order valence-corrected chi connectivity index (χ2v) is 6.60. The van der Waals surface area contributed by atoms with Crippen molar-refractivity contribution in [3.8, 4) is 0 Å². The predicted molar refractivity (Wildman–Crippen MR) is 89.3 cm³/mol. The Bertz CT molecular complexity index is 631. The highest BCUT2D eigenvalue weighted by Crippen LogP contribution is 2.21. The number of benzene rings is 1. The number of urea groups is 1. The van der Waals surface area contributed by atoms with Crippen molar-refractivity contribution in [2.75, 3.05) is 38.0 Å². The number of hydrogen-bond acceptors (Lipinski definition) is 3. The summed E-state index contributed by atoms with van der Waals surface area (Å²) in [5.74, 6) is -1.05. The number of primary amides is 1. The zero-order valence-electron chi connectivity index (χ0n) is 13.6. The first kappa shape index (κ1) is 16.7. The van der Waals surface area contributed by atoms with E-state index in [1.54, 1.807) is 4.90 Å². The van der Waals surface area contributed by atoms with Crippen LogP contribution in [-0.2, 0) is 0 Å². The van der Waals surface area contributed by atoms with Crippen LogP contribution in [0, 0.1) is 11.7 Å². The molecule has 6 nitrogen and oxygen atoms in total. The Labute approximate surface area is 140 Å². The van der Waals surface area contributed by atoms with Gasteiger partial charge in [0, 0.05) is 25.3 Å². The number of rotatable bonds is 4. The zero-order valence-corrected chi connectivity index (χ0v) is 13.6. The van der Waals surface area contributed by atoms with E-state index >= 15 is 0 Å². The maximum Gasteiger partial charge on any atom is 0.321 e. The fourth-order valence-electron chi connectivity index (χ4n) is 3.49. The summed E-state index contributed by atoms with van der Waals surface area (Å²) in [7, 11) is 0. The smallest absolute Gasteiger partial charge is 0.321 e. The second kappa shape index (κ2) is 7.17. The van der Waals surface area contributed by atoms with E-state index in [0.717, 1.165) is 38.7 Å². The molecule has 2 fully saturated rings. The van der Waals surface area contributed by atoms with Crippen LogP contribution < -0.4 is 11.1 Å². The fourth-order valence-corrected chi connectivity index (χ4v) is 3.49. The van der Waals surface area contributed by atoms with Crippen molar-refractivity contribution in [3.05, 3.63) is 29.6 Å². The lowest BCUT2D eigenvalue weighted by Gasteiger charge is -2.21. The van der Waals surface area contributed by atoms with Gasteiger partial charge in [0.1, 0.15) is 5.82 Å². The topological polar surface area (TPSA) is 78.7 Å². The molecule has 2 saturated heterocycles. The summed E-state index contributed by atoms with van der Waals surface area (Å²) in [5.41, 5.74) is 5.21. The van der Waals surface area contributed by atoms with Gasteiger partial charge in [-0.15, -0.1) is 0 Å². The fraction of sp³-hybridized carbons (Fsp3) is 0.529. The van der Waals surface area contributed by atoms with Gasteiger partial charge in [-0.2, -0.15) is 0 Å². The first-order valence-electron chi connectivity index (χ1n) is 8.40. The van der Waals surface area contributed by atoms with Crippen molar-refractivity contribution in [2.24, 2.45) is 11.7 Å². The molecule has 0 saturated carbocycles. The second-order valence-electron chi connectivity index (χ2n) is 6.60. The predicted octanol–water partition coefficient (Wildman–Crippen LogP) is 1.87. The lowest BCUT2D eigenvalue weighted by molar-refractivity contribution is 0.0996. The number of carbonyl (C=O) groups is 2. The molecule has 2 heterocycles. The number of anilines is 1. The number of nitrogens with two attached hydrogens (primary N) is 1. The van der Waals surface area contributed by atoms with Crippen LogP contribution in [0.25, 0.3) is 0 Å². The van der Waals surface area contributed by atoms with Gasteiger partial charge in [0.15, 0.2) is 0 Å². The molecule has 3 amide bonds. The third-order valence-corrected chi connectivity index (χ3v) is 4.77. The molecule has 2 aliphatic rings. The van der Waals surface area contributed by atoms with Gasteiger partial charge in [0.25, 0.3) is 5.91 Å². The summed E-state index contributed by atoms with van der Waals surface area (Å²) in [6.07, 6.45) is 3.53. The average Bonchev–Trinajstić information content (AvgIpc) is 3.19. The summed E-state index contributed by atoms with van der Waals surface area (Å²) in [6, 6.07) is 3.66. The normalized spacial score (nSPS) is 21.2. The molecule has 1 atom stereocenters. The zero-order chi connectivity index (χ0) is 17.1. The summed E-state index contributed by atoms with van der Waals surface area (Å²) in [6.45, 7) is 4.81. The van der Waals surface area contributed by atoms with Crippen LogP contribution in [0.4, 0.5) is 14.9 Å². The quantitative estimate of drug-likeness (QED) is 0.882. The molecule has 130 valence electrons. The lowest BCUT2D eigenvalue weighted by atomic mass is 10.1. The third kappa shape index (κ3) is 3.84. The van der Waals surface area contributed by atoms with Crippen LogP contribution in [0.5, 0.6) is 0 Å². The summed E-state index contributed by atoms with van der Waals surface area (Å²) in [4.78, 5) is 27.6. The molecule has 1 aromatic carbocycles. The average molecular weight is 334 g/mol. The Balaban J connectivity index is 1.53. The highest BCUT2D eigenvalue weighted by molar-refractivity contribution is 5.94. The van der Waals surface area contributed by atoms with Crippen molar-refractivity contribution in [1.29, 1.82) is 0 Å². The van der Waals surface area contributed by atoms with E-state index in [1.807, 2.05) is 0 Å². The van der Waals surface area contributed by atoms with Crippen molar-refractivity contribution < 1.29 is 14.0 Å². The summed E-state index contributed by atoms with van der Waals surface area (Å²) >= 11 is 0. The molecular weight excluding hydrogens is 311 g/mol. The standard InChI is InChI=1S/C17H23FN4O2/c18-15-9-13(3-4-14(15)16(19)23)20-17(24)22-8-5-12(11-22)10-21-6-1-2-7-21/h3-4,9,12H,1-2,5-8,10-11H2,(H2,19,23)(H,20,24). The Hall–Kier alpha value is -2.15. The van der Waals surface area contributed by atoms with Gasteiger partial charge in [0.05, 0.1) is 5.56 Å². The SMILES string of the molecule is NC(=O)c1ccc(NC(=O)N2CCC(CN3CCCC3)C2)cc1F. The largest absolute Gasteiger partial charge is 0.366 e. The number of nitrogens with zero attached hydrogens (tertiary/aromatic N) is 2. The van der Waals surface area contributed by atoms with Crippen molar-refractivity contribution in [2.45, 2.75) is 19.3 Å². The molecular formula is C17H23FN4O2. The molecule has 3 rings (SSSR count). The molecule has 0 aromatic heterocycles. The molecule has 1 aromatic rings. The first-order valence-corrected chi connectivity index (χ1v) is 8.40. The van der Waals surface area contributed by atoms with E-state index < -0.39 is 11.7 Å². The Morgan fingerprint density at radius 1 is 1.25 bits per heavy atom. The van der Waals surface area contributed by atoms with Gasteiger partial charge >= 0.3 is 6.03 Å². The number of amides is 3.